The molecule has 0 fully saturated rings. The molecule has 0 atom stereocenters. The molecule has 0 bridgehead atoms. The first-order chi connectivity index (χ1) is 10.6. The Balaban J connectivity index is 1.94. The minimum Gasteiger partial charge on any atom is -0.494 e. The van der Waals surface area contributed by atoms with E-state index in [1.165, 1.54) is 0 Å². The van der Waals surface area contributed by atoms with E-state index < -0.39 is 0 Å². The van der Waals surface area contributed by atoms with Gasteiger partial charge >= 0.3 is 0 Å². The quantitative estimate of drug-likeness (QED) is 0.848. The number of hydrogen-bond acceptors (Lipinski definition) is 3. The molecule has 22 heavy (non-hydrogen) atoms. The van der Waals surface area contributed by atoms with Crippen LogP contribution in [0.15, 0.2) is 48.5 Å². The fourth-order valence-electron chi connectivity index (χ4n) is 1.93. The highest BCUT2D eigenvalue weighted by Gasteiger charge is 2.08. The van der Waals surface area contributed by atoms with Crippen molar-refractivity contribution in [3.63, 3.8) is 0 Å². The van der Waals surface area contributed by atoms with E-state index >= 15 is 0 Å². The van der Waals surface area contributed by atoms with E-state index in [1.54, 1.807) is 24.3 Å². The number of rotatable bonds is 4. The normalized spacial score (nSPS) is 9.91. The van der Waals surface area contributed by atoms with Crippen LogP contribution < -0.4 is 15.4 Å². The number of hydrogen-bond donors (Lipinski definition) is 2. The third kappa shape index (κ3) is 4.56. The molecule has 1 amide bonds. The number of nitrogens with one attached hydrogen (secondary N) is 2. The van der Waals surface area contributed by atoms with Crippen molar-refractivity contribution in [2.24, 2.45) is 0 Å². The summed E-state index contributed by atoms with van der Waals surface area (Å²) in [6, 6.07) is 14.7. The Morgan fingerprint density at radius 1 is 1.18 bits per heavy atom. The molecule has 0 heterocycles. The van der Waals surface area contributed by atoms with E-state index in [1.807, 2.05) is 38.1 Å². The lowest BCUT2D eigenvalue weighted by Crippen LogP contribution is -2.34. The minimum absolute atomic E-state index is 0.256. The summed E-state index contributed by atoms with van der Waals surface area (Å²) >= 11 is 5.16. The molecule has 2 rings (SSSR count). The van der Waals surface area contributed by atoms with Gasteiger partial charge in [-0.15, -0.1) is 0 Å². The topological polar surface area (TPSA) is 50.4 Å². The Kier molecular flexibility index (Phi) is 5.49. The number of carbonyl (C=O) groups excluding carboxylic acids is 1. The molecule has 0 aliphatic carbocycles. The molecule has 0 saturated heterocycles. The molecule has 2 aromatic rings. The second kappa shape index (κ2) is 7.56. The van der Waals surface area contributed by atoms with Crippen LogP contribution in [0.25, 0.3) is 0 Å². The van der Waals surface area contributed by atoms with Crippen LogP contribution in [0, 0.1) is 6.92 Å². The van der Waals surface area contributed by atoms with Gasteiger partial charge in [0.15, 0.2) is 5.11 Å². The van der Waals surface area contributed by atoms with E-state index in [9.17, 15) is 4.79 Å². The van der Waals surface area contributed by atoms with Gasteiger partial charge in [-0.25, -0.2) is 0 Å². The number of amides is 1. The number of aryl methyl sites for hydroxylation is 1. The maximum Gasteiger partial charge on any atom is 0.257 e. The van der Waals surface area contributed by atoms with Gasteiger partial charge in [-0.1, -0.05) is 12.1 Å². The summed E-state index contributed by atoms with van der Waals surface area (Å²) in [5.74, 6) is 0.479. The third-order valence-electron chi connectivity index (χ3n) is 2.93. The number of benzene rings is 2. The third-order valence-corrected chi connectivity index (χ3v) is 3.13. The standard InChI is InChI=1S/C17H18N2O2S/c1-3-21-15-9-7-13(8-10-15)16(20)19-17(22)18-14-6-4-5-12(2)11-14/h4-11H,3H2,1-2H3,(H2,18,19,20,22). The first-order valence-corrected chi connectivity index (χ1v) is 7.41. The lowest BCUT2D eigenvalue weighted by Gasteiger charge is -2.10. The molecule has 0 radical (unpaired) electrons. The second-order valence-electron chi connectivity index (χ2n) is 4.74. The molecule has 114 valence electrons. The lowest BCUT2D eigenvalue weighted by atomic mass is 10.2. The van der Waals surface area contributed by atoms with Crippen molar-refractivity contribution in [1.82, 2.24) is 5.32 Å². The first-order valence-electron chi connectivity index (χ1n) is 7.00. The summed E-state index contributed by atoms with van der Waals surface area (Å²) in [5.41, 5.74) is 2.49. The number of ether oxygens (including phenoxy) is 1. The number of anilines is 1. The summed E-state index contributed by atoms with van der Waals surface area (Å²) in [5, 5.41) is 5.91. The van der Waals surface area contributed by atoms with E-state index in [0.29, 0.717) is 12.2 Å². The summed E-state index contributed by atoms with van der Waals surface area (Å²) in [6.07, 6.45) is 0. The van der Waals surface area contributed by atoms with Crippen molar-refractivity contribution in [1.29, 1.82) is 0 Å². The van der Waals surface area contributed by atoms with Crippen LogP contribution >= 0.6 is 12.2 Å². The molecule has 0 unspecified atom stereocenters. The van der Waals surface area contributed by atoms with Gasteiger partial charge in [0.2, 0.25) is 0 Å². The zero-order valence-corrected chi connectivity index (χ0v) is 13.4. The maximum absolute atomic E-state index is 12.1. The molecular weight excluding hydrogens is 296 g/mol. The lowest BCUT2D eigenvalue weighted by molar-refractivity contribution is 0.0977. The van der Waals surface area contributed by atoms with Crippen LogP contribution in [0.1, 0.15) is 22.8 Å². The SMILES string of the molecule is CCOc1ccc(C(=O)NC(=S)Nc2cccc(C)c2)cc1. The van der Waals surface area contributed by atoms with Crippen LogP contribution in [0.3, 0.4) is 0 Å². The molecule has 0 spiro atoms. The van der Waals surface area contributed by atoms with Crippen LogP contribution in [0.2, 0.25) is 0 Å². The highest BCUT2D eigenvalue weighted by molar-refractivity contribution is 7.80. The first kappa shape index (κ1) is 16.0. The summed E-state index contributed by atoms with van der Waals surface area (Å²) < 4.78 is 5.34. The minimum atomic E-state index is -0.256. The molecule has 4 nitrogen and oxygen atoms in total. The van der Waals surface area contributed by atoms with Gasteiger partial charge in [0.25, 0.3) is 5.91 Å². The van der Waals surface area contributed by atoms with Crippen molar-refractivity contribution in [3.05, 3.63) is 59.7 Å². The predicted octanol–water partition coefficient (Wildman–Crippen LogP) is 3.52. The van der Waals surface area contributed by atoms with Crippen LogP contribution in [0.4, 0.5) is 5.69 Å². The Morgan fingerprint density at radius 3 is 2.55 bits per heavy atom. The fourth-order valence-corrected chi connectivity index (χ4v) is 2.14. The van der Waals surface area contributed by atoms with Gasteiger partial charge < -0.3 is 10.1 Å². The van der Waals surface area contributed by atoms with Crippen molar-refractivity contribution in [2.75, 3.05) is 11.9 Å². The molecule has 2 N–H and O–H groups in total. The maximum atomic E-state index is 12.1. The average Bonchev–Trinajstić information content (AvgIpc) is 2.48. The van der Waals surface area contributed by atoms with Crippen molar-refractivity contribution in [2.45, 2.75) is 13.8 Å². The second-order valence-corrected chi connectivity index (χ2v) is 5.14. The van der Waals surface area contributed by atoms with Crippen LogP contribution in [-0.2, 0) is 0 Å². The van der Waals surface area contributed by atoms with Gasteiger partial charge in [-0.05, 0) is 68.0 Å². The average molecular weight is 314 g/mol. The Hall–Kier alpha value is -2.40. The highest BCUT2D eigenvalue weighted by Crippen LogP contribution is 2.12. The molecule has 0 saturated carbocycles. The van der Waals surface area contributed by atoms with E-state index in [2.05, 4.69) is 10.6 Å². The van der Waals surface area contributed by atoms with Gasteiger partial charge in [0.1, 0.15) is 5.75 Å². The summed E-state index contributed by atoms with van der Waals surface area (Å²) in [6.45, 7) is 4.50. The Bertz CT molecular complexity index is 669. The predicted molar refractivity (Wildman–Crippen MR) is 92.5 cm³/mol. The zero-order chi connectivity index (χ0) is 15.9. The van der Waals surface area contributed by atoms with E-state index in [0.717, 1.165) is 17.0 Å². The molecule has 0 aliphatic rings. The smallest absolute Gasteiger partial charge is 0.257 e. The molecular formula is C17H18N2O2S. The van der Waals surface area contributed by atoms with Gasteiger partial charge in [0.05, 0.1) is 6.61 Å². The fraction of sp³-hybridized carbons (Fsp3) is 0.176. The summed E-state index contributed by atoms with van der Waals surface area (Å²) in [7, 11) is 0. The van der Waals surface area contributed by atoms with Gasteiger partial charge in [-0.2, -0.15) is 0 Å². The monoisotopic (exact) mass is 314 g/mol. The van der Waals surface area contributed by atoms with Crippen molar-refractivity contribution in [3.8, 4) is 5.75 Å². The van der Waals surface area contributed by atoms with Gasteiger partial charge in [-0.3, -0.25) is 10.1 Å². The summed E-state index contributed by atoms with van der Waals surface area (Å²) in [4.78, 5) is 12.1. The van der Waals surface area contributed by atoms with Crippen molar-refractivity contribution < 1.29 is 9.53 Å². The van der Waals surface area contributed by atoms with E-state index in [4.69, 9.17) is 17.0 Å². The van der Waals surface area contributed by atoms with E-state index in [-0.39, 0.29) is 11.0 Å². The molecule has 5 heteroatoms. The van der Waals surface area contributed by atoms with Crippen LogP contribution in [0.5, 0.6) is 5.75 Å². The highest BCUT2D eigenvalue weighted by atomic mass is 32.1. The van der Waals surface area contributed by atoms with Crippen molar-refractivity contribution >= 4 is 28.9 Å². The number of carbonyl (C=O) groups is 1. The van der Waals surface area contributed by atoms with Gasteiger partial charge in [0, 0.05) is 11.3 Å². The Labute approximate surface area is 135 Å². The van der Waals surface area contributed by atoms with Crippen LogP contribution in [-0.4, -0.2) is 17.6 Å². The molecule has 0 aromatic heterocycles. The number of thiocarbonyl (C=S) groups is 1. The largest absolute Gasteiger partial charge is 0.494 e. The molecule has 0 aliphatic heterocycles. The molecule has 2 aromatic carbocycles. The zero-order valence-electron chi connectivity index (χ0n) is 12.6. The Morgan fingerprint density at radius 2 is 1.91 bits per heavy atom.